The summed E-state index contributed by atoms with van der Waals surface area (Å²) in [6.45, 7) is 4.13. The molecule has 3 aromatic rings. The fraction of sp³-hybridized carbons (Fsp3) is 0.200. The van der Waals surface area contributed by atoms with Crippen LogP contribution in [0.4, 0.5) is 0 Å². The third kappa shape index (κ3) is 5.63. The highest BCUT2D eigenvalue weighted by Gasteiger charge is 2.13. The molecule has 2 aromatic carbocycles. The number of hydrogen-bond acceptors (Lipinski definition) is 6. The number of hydrogen-bond donors (Lipinski definition) is 2. The van der Waals surface area contributed by atoms with E-state index in [0.29, 0.717) is 17.9 Å². The first-order chi connectivity index (χ1) is 13.7. The van der Waals surface area contributed by atoms with Crippen molar-refractivity contribution in [3.05, 3.63) is 75.7 Å². The number of amides is 1. The van der Waals surface area contributed by atoms with Crippen LogP contribution < -0.4 is 15.2 Å². The second-order valence-electron chi connectivity index (χ2n) is 6.48. The molecule has 3 rings (SSSR count). The molecule has 0 aliphatic carbocycles. The van der Waals surface area contributed by atoms with Gasteiger partial charge in [-0.1, -0.05) is 12.1 Å². The number of aromatic nitrogens is 1. The molecule has 1 atom stereocenters. The predicted octanol–water partition coefficient (Wildman–Crippen LogP) is 3.17. The van der Waals surface area contributed by atoms with Crippen molar-refractivity contribution >= 4 is 27.3 Å². The first-order valence-corrected chi connectivity index (χ1v) is 11.2. The molecular weight excluding hydrogens is 410 g/mol. The second-order valence-corrected chi connectivity index (χ2v) is 9.10. The van der Waals surface area contributed by atoms with Gasteiger partial charge in [-0.05, 0) is 55.8 Å². The highest BCUT2D eigenvalue weighted by molar-refractivity contribution is 7.89. The predicted molar refractivity (Wildman–Crippen MR) is 111 cm³/mol. The average Bonchev–Trinajstić information content (AvgIpc) is 3.11. The fourth-order valence-electron chi connectivity index (χ4n) is 2.64. The summed E-state index contributed by atoms with van der Waals surface area (Å²) in [7, 11) is -3.74. The Morgan fingerprint density at radius 1 is 1.17 bits per heavy atom. The number of benzene rings is 2. The van der Waals surface area contributed by atoms with Gasteiger partial charge in [-0.15, -0.1) is 11.3 Å². The maximum atomic E-state index is 12.5. The monoisotopic (exact) mass is 431 g/mol. The van der Waals surface area contributed by atoms with Gasteiger partial charge < -0.3 is 10.1 Å². The van der Waals surface area contributed by atoms with Crippen LogP contribution in [0.2, 0.25) is 0 Å². The summed E-state index contributed by atoms with van der Waals surface area (Å²) in [6, 6.07) is 12.6. The van der Waals surface area contributed by atoms with E-state index in [4.69, 9.17) is 9.88 Å². The number of rotatable bonds is 7. The molecule has 0 spiro atoms. The highest BCUT2D eigenvalue weighted by Crippen LogP contribution is 2.18. The third-order valence-corrected chi connectivity index (χ3v) is 5.98. The van der Waals surface area contributed by atoms with E-state index in [1.165, 1.54) is 12.1 Å². The normalized spacial score (nSPS) is 12.4. The Kier molecular flexibility index (Phi) is 6.31. The summed E-state index contributed by atoms with van der Waals surface area (Å²) >= 11 is 1.57. The molecule has 0 bridgehead atoms. The van der Waals surface area contributed by atoms with E-state index in [9.17, 15) is 13.2 Å². The summed E-state index contributed by atoms with van der Waals surface area (Å²) in [5, 5.41) is 10.9. The quantitative estimate of drug-likeness (QED) is 0.597. The van der Waals surface area contributed by atoms with Gasteiger partial charge in [-0.3, -0.25) is 4.79 Å². The topological polar surface area (TPSA) is 111 Å². The molecule has 1 heterocycles. The van der Waals surface area contributed by atoms with Crippen LogP contribution in [0, 0.1) is 6.92 Å². The Bertz CT molecular complexity index is 1090. The van der Waals surface area contributed by atoms with Crippen LogP contribution in [0.15, 0.2) is 58.8 Å². The molecule has 1 aromatic heterocycles. The number of carbonyl (C=O) groups is 1. The van der Waals surface area contributed by atoms with Crippen molar-refractivity contribution < 1.29 is 17.9 Å². The van der Waals surface area contributed by atoms with Crippen LogP contribution in [0.1, 0.15) is 39.6 Å². The molecule has 7 nitrogen and oxygen atoms in total. The number of thiazole rings is 1. The van der Waals surface area contributed by atoms with Crippen LogP contribution in [0.25, 0.3) is 0 Å². The van der Waals surface area contributed by atoms with E-state index in [2.05, 4.69) is 10.3 Å². The summed E-state index contributed by atoms with van der Waals surface area (Å²) in [4.78, 5) is 16.8. The van der Waals surface area contributed by atoms with Gasteiger partial charge in [0.2, 0.25) is 10.0 Å². The molecule has 9 heteroatoms. The first-order valence-electron chi connectivity index (χ1n) is 8.80. The smallest absolute Gasteiger partial charge is 0.251 e. The maximum absolute atomic E-state index is 12.5. The van der Waals surface area contributed by atoms with E-state index < -0.39 is 10.0 Å². The number of sulfonamides is 1. The number of nitrogens with two attached hydrogens (primary N) is 1. The van der Waals surface area contributed by atoms with E-state index in [1.54, 1.807) is 47.7 Å². The van der Waals surface area contributed by atoms with Crippen molar-refractivity contribution in [2.45, 2.75) is 31.4 Å². The lowest BCUT2D eigenvalue weighted by Gasteiger charge is -2.15. The van der Waals surface area contributed by atoms with Gasteiger partial charge in [0.25, 0.3) is 5.91 Å². The van der Waals surface area contributed by atoms with Crippen molar-refractivity contribution in [1.29, 1.82) is 0 Å². The molecule has 0 saturated heterocycles. The molecule has 0 radical (unpaired) electrons. The Morgan fingerprint density at radius 2 is 1.83 bits per heavy atom. The number of nitrogens with one attached hydrogen (secondary N) is 1. The van der Waals surface area contributed by atoms with Crippen molar-refractivity contribution in [3.63, 3.8) is 0 Å². The van der Waals surface area contributed by atoms with Crippen LogP contribution in [0.5, 0.6) is 5.75 Å². The number of primary sulfonamides is 1. The lowest BCUT2D eigenvalue weighted by atomic mass is 10.1. The number of carbonyl (C=O) groups excluding carboxylic acids is 1. The van der Waals surface area contributed by atoms with Gasteiger partial charge in [-0.25, -0.2) is 18.5 Å². The van der Waals surface area contributed by atoms with Crippen LogP contribution >= 0.6 is 11.3 Å². The van der Waals surface area contributed by atoms with Gasteiger partial charge in [0, 0.05) is 10.9 Å². The summed E-state index contributed by atoms with van der Waals surface area (Å²) in [5.41, 5.74) is 2.13. The number of aryl methyl sites for hydroxylation is 1. The molecule has 0 aliphatic rings. The highest BCUT2D eigenvalue weighted by atomic mass is 32.2. The minimum absolute atomic E-state index is 0.0307. The minimum Gasteiger partial charge on any atom is -0.487 e. The van der Waals surface area contributed by atoms with Crippen LogP contribution in [0.3, 0.4) is 0 Å². The Morgan fingerprint density at radius 3 is 2.38 bits per heavy atom. The summed E-state index contributed by atoms with van der Waals surface area (Å²) in [5.74, 6) is 0.411. The zero-order chi connectivity index (χ0) is 21.0. The number of ether oxygens (including phenoxy) is 1. The summed E-state index contributed by atoms with van der Waals surface area (Å²) < 4.78 is 28.3. The largest absolute Gasteiger partial charge is 0.487 e. The average molecular weight is 432 g/mol. The Hall–Kier alpha value is -2.75. The molecule has 152 valence electrons. The van der Waals surface area contributed by atoms with Gasteiger partial charge >= 0.3 is 0 Å². The summed E-state index contributed by atoms with van der Waals surface area (Å²) in [6.07, 6.45) is 0. The lowest BCUT2D eigenvalue weighted by molar-refractivity contribution is 0.0940. The first kappa shape index (κ1) is 21.0. The van der Waals surface area contributed by atoms with Gasteiger partial charge in [0.1, 0.15) is 12.4 Å². The molecule has 0 fully saturated rings. The van der Waals surface area contributed by atoms with E-state index >= 15 is 0 Å². The molecular formula is C20H21N3O4S2. The molecule has 1 amide bonds. The Balaban J connectivity index is 1.58. The molecule has 0 aliphatic heterocycles. The van der Waals surface area contributed by atoms with Crippen molar-refractivity contribution in [2.24, 2.45) is 5.14 Å². The van der Waals surface area contributed by atoms with Crippen molar-refractivity contribution in [3.8, 4) is 5.75 Å². The van der Waals surface area contributed by atoms with E-state index in [0.717, 1.165) is 16.3 Å². The minimum atomic E-state index is -3.74. The standard InChI is InChI=1S/C20H21N3O4S2/c1-13(15-5-9-19(10-6-15)29(21,25)26)22-20(24)16-3-7-18(8-4-16)27-11-17-12-28-14(2)23-17/h3-10,12-13H,11H2,1-2H3,(H,22,24)(H2,21,25,26)/t13-/m0/s1. The maximum Gasteiger partial charge on any atom is 0.251 e. The second kappa shape index (κ2) is 8.73. The third-order valence-electron chi connectivity index (χ3n) is 4.23. The van der Waals surface area contributed by atoms with E-state index in [1.807, 2.05) is 19.2 Å². The number of nitrogens with zero attached hydrogens (tertiary/aromatic N) is 1. The van der Waals surface area contributed by atoms with Crippen molar-refractivity contribution in [1.82, 2.24) is 10.3 Å². The fourth-order valence-corrected chi connectivity index (χ4v) is 3.76. The lowest BCUT2D eigenvalue weighted by Crippen LogP contribution is -2.26. The molecule has 0 unspecified atom stereocenters. The molecule has 29 heavy (non-hydrogen) atoms. The van der Waals surface area contributed by atoms with E-state index in [-0.39, 0.29) is 16.8 Å². The van der Waals surface area contributed by atoms with Gasteiger partial charge in [0.15, 0.2) is 0 Å². The molecule has 3 N–H and O–H groups in total. The van der Waals surface area contributed by atoms with Crippen molar-refractivity contribution in [2.75, 3.05) is 0 Å². The zero-order valence-electron chi connectivity index (χ0n) is 16.0. The Labute approximate surface area is 173 Å². The van der Waals surface area contributed by atoms with Crippen LogP contribution in [-0.4, -0.2) is 19.3 Å². The molecule has 0 saturated carbocycles. The van der Waals surface area contributed by atoms with Gasteiger partial charge in [0.05, 0.1) is 21.6 Å². The van der Waals surface area contributed by atoms with Crippen LogP contribution in [-0.2, 0) is 16.6 Å². The zero-order valence-corrected chi connectivity index (χ0v) is 17.6. The SMILES string of the molecule is Cc1nc(COc2ccc(C(=O)N[C@@H](C)c3ccc(S(N)(=O)=O)cc3)cc2)cs1. The van der Waals surface area contributed by atoms with Gasteiger partial charge in [-0.2, -0.15) is 0 Å².